The number of thioether (sulfide) groups is 1. The Bertz CT molecular complexity index is 570. The predicted molar refractivity (Wildman–Crippen MR) is 91.9 cm³/mol. The molecule has 0 bridgehead atoms. The van der Waals surface area contributed by atoms with Gasteiger partial charge < -0.3 is 9.64 Å². The van der Waals surface area contributed by atoms with Gasteiger partial charge in [0.2, 0.25) is 5.91 Å². The number of rotatable bonds is 5. The maximum atomic E-state index is 14.3. The number of alkyl halides is 1. The minimum Gasteiger partial charge on any atom is -0.501 e. The van der Waals surface area contributed by atoms with Gasteiger partial charge in [-0.2, -0.15) is 0 Å². The third kappa shape index (κ3) is 4.45. The second-order valence-electron chi connectivity index (χ2n) is 4.44. The maximum absolute atomic E-state index is 14.3. The first-order chi connectivity index (χ1) is 10.1. The molecular formula is C15H16FINO2SY-. The van der Waals surface area contributed by atoms with Crippen LogP contribution in [0.2, 0.25) is 0 Å². The van der Waals surface area contributed by atoms with Crippen LogP contribution in [-0.2, 0) is 37.5 Å². The summed E-state index contributed by atoms with van der Waals surface area (Å²) in [7, 11) is 0. The van der Waals surface area contributed by atoms with Gasteiger partial charge in [0.15, 0.2) is 0 Å². The average molecular weight is 509 g/mol. The Morgan fingerprint density at radius 2 is 2.27 bits per heavy atom. The molecule has 0 spiro atoms. The SMILES string of the molecule is CCN1C(=O)C(I)C[C-]=C1c1c(F)cccc1OCSC.[Y]. The van der Waals surface area contributed by atoms with Gasteiger partial charge >= 0.3 is 0 Å². The largest absolute Gasteiger partial charge is 0.501 e. The van der Waals surface area contributed by atoms with E-state index in [1.165, 1.54) is 17.8 Å². The normalized spacial score (nSPS) is 17.8. The molecule has 1 amide bonds. The van der Waals surface area contributed by atoms with Crippen molar-refractivity contribution < 1.29 is 46.6 Å². The van der Waals surface area contributed by atoms with Gasteiger partial charge in [0.25, 0.3) is 0 Å². The van der Waals surface area contributed by atoms with Crippen LogP contribution >= 0.6 is 34.4 Å². The van der Waals surface area contributed by atoms with Crippen LogP contribution in [0.4, 0.5) is 4.39 Å². The van der Waals surface area contributed by atoms with Crippen LogP contribution in [0, 0.1) is 11.9 Å². The molecule has 1 aliphatic heterocycles. The van der Waals surface area contributed by atoms with Crippen LogP contribution in [0.1, 0.15) is 18.9 Å². The van der Waals surface area contributed by atoms with Crippen molar-refractivity contribution in [3.05, 3.63) is 35.7 Å². The van der Waals surface area contributed by atoms with Crippen molar-refractivity contribution >= 4 is 46.0 Å². The second kappa shape index (κ2) is 9.59. The van der Waals surface area contributed by atoms with Gasteiger partial charge in [0, 0.05) is 39.3 Å². The number of benzene rings is 1. The molecule has 2 rings (SSSR count). The Labute approximate surface area is 173 Å². The zero-order valence-electron chi connectivity index (χ0n) is 12.4. The zero-order valence-corrected chi connectivity index (χ0v) is 18.2. The van der Waals surface area contributed by atoms with E-state index in [-0.39, 0.29) is 42.5 Å². The maximum Gasteiger partial charge on any atom is 0.236 e. The molecule has 22 heavy (non-hydrogen) atoms. The summed E-state index contributed by atoms with van der Waals surface area (Å²) in [4.78, 5) is 13.8. The van der Waals surface area contributed by atoms with Crippen molar-refractivity contribution in [1.82, 2.24) is 4.90 Å². The minimum absolute atomic E-state index is 0. The van der Waals surface area contributed by atoms with Crippen molar-refractivity contribution in [2.24, 2.45) is 0 Å². The Morgan fingerprint density at radius 1 is 1.55 bits per heavy atom. The van der Waals surface area contributed by atoms with Crippen LogP contribution in [0.5, 0.6) is 5.75 Å². The molecule has 1 aliphatic rings. The van der Waals surface area contributed by atoms with Gasteiger partial charge in [-0.1, -0.05) is 40.6 Å². The van der Waals surface area contributed by atoms with Crippen LogP contribution in [0.3, 0.4) is 0 Å². The van der Waals surface area contributed by atoms with Crippen molar-refractivity contribution in [3.63, 3.8) is 0 Å². The van der Waals surface area contributed by atoms with Crippen molar-refractivity contribution in [2.45, 2.75) is 17.3 Å². The average Bonchev–Trinajstić information content (AvgIpc) is 2.48. The van der Waals surface area contributed by atoms with E-state index in [4.69, 9.17) is 4.74 Å². The topological polar surface area (TPSA) is 29.5 Å². The molecule has 1 aromatic rings. The van der Waals surface area contributed by atoms with E-state index in [1.807, 2.05) is 13.2 Å². The van der Waals surface area contributed by atoms with E-state index in [0.29, 0.717) is 35.9 Å². The first-order valence-corrected chi connectivity index (χ1v) is 9.21. The number of ether oxygens (including phenoxy) is 1. The fourth-order valence-electron chi connectivity index (χ4n) is 2.16. The number of allylic oxidation sites excluding steroid dienone is 1. The number of hydrogen-bond acceptors (Lipinski definition) is 3. The molecule has 3 nitrogen and oxygen atoms in total. The van der Waals surface area contributed by atoms with E-state index in [9.17, 15) is 9.18 Å². The molecule has 1 heterocycles. The Balaban J connectivity index is 0.00000242. The summed E-state index contributed by atoms with van der Waals surface area (Å²) in [5.74, 6) is 0.476. The van der Waals surface area contributed by atoms with Gasteiger partial charge in [-0.3, -0.25) is 4.79 Å². The number of amides is 1. The van der Waals surface area contributed by atoms with Gasteiger partial charge in [-0.05, 0) is 25.3 Å². The molecule has 117 valence electrons. The second-order valence-corrected chi connectivity index (χ2v) is 6.76. The standard InChI is InChI=1S/C15H16FINO2S.Y/c1-3-18-12(8-7-11(17)15(18)19)14-10(16)5-4-6-13(14)20-9-21-2;/h4-6,11H,3,7,9H2,1-2H3;/q-1;. The summed E-state index contributed by atoms with van der Waals surface area (Å²) >= 11 is 3.60. The van der Waals surface area contributed by atoms with E-state index in [2.05, 4.69) is 28.7 Å². The van der Waals surface area contributed by atoms with Crippen LogP contribution in [0.15, 0.2) is 18.2 Å². The van der Waals surface area contributed by atoms with Crippen molar-refractivity contribution in [1.29, 1.82) is 0 Å². The molecule has 0 N–H and O–H groups in total. The van der Waals surface area contributed by atoms with Crippen LogP contribution in [0.25, 0.3) is 5.70 Å². The smallest absolute Gasteiger partial charge is 0.236 e. The fraction of sp³-hybridized carbons (Fsp3) is 0.400. The first kappa shape index (κ1) is 20.4. The third-order valence-corrected chi connectivity index (χ3v) is 4.44. The summed E-state index contributed by atoms with van der Waals surface area (Å²) in [6.45, 7) is 2.36. The summed E-state index contributed by atoms with van der Waals surface area (Å²) < 4.78 is 19.8. The number of nitrogens with zero attached hydrogens (tertiary/aromatic N) is 1. The summed E-state index contributed by atoms with van der Waals surface area (Å²) in [6.07, 6.45) is 5.56. The first-order valence-electron chi connectivity index (χ1n) is 6.57. The van der Waals surface area contributed by atoms with Gasteiger partial charge in [0.1, 0.15) is 5.94 Å². The molecule has 1 radical (unpaired) electrons. The Morgan fingerprint density at radius 3 is 2.91 bits per heavy atom. The quantitative estimate of drug-likeness (QED) is 0.263. The van der Waals surface area contributed by atoms with Gasteiger partial charge in [0.05, 0.1) is 15.5 Å². The predicted octanol–water partition coefficient (Wildman–Crippen LogP) is 3.72. The van der Waals surface area contributed by atoms with E-state index < -0.39 is 5.82 Å². The zero-order chi connectivity index (χ0) is 15.4. The minimum atomic E-state index is -0.394. The van der Waals surface area contributed by atoms with Crippen LogP contribution < -0.4 is 4.74 Å². The summed E-state index contributed by atoms with van der Waals surface area (Å²) in [6, 6.07) is 4.71. The molecule has 0 aromatic heterocycles. The molecule has 0 saturated carbocycles. The van der Waals surface area contributed by atoms with Crippen molar-refractivity contribution in [3.8, 4) is 5.75 Å². The van der Waals surface area contributed by atoms with Gasteiger partial charge in [-0.15, -0.1) is 17.5 Å². The molecule has 1 aromatic carbocycles. The number of carbonyl (C=O) groups is 1. The molecule has 0 aliphatic carbocycles. The number of halogens is 2. The number of carbonyl (C=O) groups excluding carboxylic acids is 1. The third-order valence-electron chi connectivity index (χ3n) is 3.11. The van der Waals surface area contributed by atoms with Gasteiger partial charge in [-0.25, -0.2) is 10.5 Å². The summed E-state index contributed by atoms with van der Waals surface area (Å²) in [5.41, 5.74) is 0.815. The summed E-state index contributed by atoms with van der Waals surface area (Å²) in [5, 5.41) is 0. The molecular weight excluding hydrogens is 493 g/mol. The fourth-order valence-corrected chi connectivity index (χ4v) is 2.96. The molecule has 0 saturated heterocycles. The van der Waals surface area contributed by atoms with Crippen molar-refractivity contribution in [2.75, 3.05) is 18.7 Å². The Kier molecular flexibility index (Phi) is 8.89. The molecule has 7 heteroatoms. The van der Waals surface area contributed by atoms with E-state index in [0.717, 1.165) is 0 Å². The monoisotopic (exact) mass is 509 g/mol. The van der Waals surface area contributed by atoms with E-state index >= 15 is 0 Å². The molecule has 1 atom stereocenters. The Hall–Kier alpha value is 0.344. The van der Waals surface area contributed by atoms with E-state index in [1.54, 1.807) is 17.0 Å². The molecule has 0 fully saturated rings. The molecule has 1 unspecified atom stereocenters. The van der Waals surface area contributed by atoms with Crippen LogP contribution in [-0.4, -0.2) is 33.5 Å². The number of hydrogen-bond donors (Lipinski definition) is 0.